The van der Waals surface area contributed by atoms with Crippen LogP contribution in [0.3, 0.4) is 0 Å². The summed E-state index contributed by atoms with van der Waals surface area (Å²) in [6.07, 6.45) is 14.7. The van der Waals surface area contributed by atoms with Gasteiger partial charge < -0.3 is 4.74 Å². The van der Waals surface area contributed by atoms with Crippen LogP contribution in [0.1, 0.15) is 71.6 Å². The Kier molecular flexibility index (Phi) is 6.66. The lowest BCUT2D eigenvalue weighted by molar-refractivity contribution is 0.0599. The largest absolute Gasteiger partial charge is 0.481 e. The highest BCUT2D eigenvalue weighted by Gasteiger charge is 2.40. The second-order valence-corrected chi connectivity index (χ2v) is 9.61. The number of hydrogen-bond donors (Lipinski definition) is 1. The highest BCUT2D eigenvalue weighted by Crippen LogP contribution is 2.42. The van der Waals surface area contributed by atoms with E-state index in [1.807, 2.05) is 0 Å². The molecule has 0 heterocycles. The zero-order chi connectivity index (χ0) is 20.2. The summed E-state index contributed by atoms with van der Waals surface area (Å²) < 4.78 is 39.8. The number of para-hydroxylation sites is 1. The maximum atomic E-state index is 11.8. The first-order valence-corrected chi connectivity index (χ1v) is 11.9. The van der Waals surface area contributed by atoms with Gasteiger partial charge in [-0.3, -0.25) is 4.55 Å². The van der Waals surface area contributed by atoms with Crippen molar-refractivity contribution in [3.8, 4) is 5.75 Å². The smallest absolute Gasteiger partial charge is 0.298 e. The highest BCUT2D eigenvalue weighted by molar-refractivity contribution is 7.86. The Morgan fingerprint density at radius 1 is 1.04 bits per heavy atom. The fourth-order valence-electron chi connectivity index (χ4n) is 4.47. The fourth-order valence-corrected chi connectivity index (χ4v) is 5.08. The summed E-state index contributed by atoms with van der Waals surface area (Å²) >= 11 is 0. The molecule has 0 saturated heterocycles. The molecule has 0 aliphatic heterocycles. The van der Waals surface area contributed by atoms with E-state index in [9.17, 15) is 13.0 Å². The topological polar surface area (TPSA) is 63.6 Å². The van der Waals surface area contributed by atoms with E-state index in [1.54, 1.807) is 18.2 Å². The maximum absolute atomic E-state index is 11.8. The molecule has 28 heavy (non-hydrogen) atoms. The van der Waals surface area contributed by atoms with Crippen molar-refractivity contribution in [1.82, 2.24) is 0 Å². The van der Waals surface area contributed by atoms with Crippen molar-refractivity contribution in [3.05, 3.63) is 47.6 Å². The summed E-state index contributed by atoms with van der Waals surface area (Å²) in [5.74, 6) is 0.366. The molecular formula is C23H32O4S. The minimum Gasteiger partial charge on any atom is -0.481 e. The van der Waals surface area contributed by atoms with Crippen molar-refractivity contribution in [2.24, 2.45) is 5.92 Å². The fraction of sp³-hybridized carbons (Fsp3) is 0.565. The SMILES string of the molecule is CC1=C2C=CC(Oc3ccccc3S(=O)(=O)O)(CCCCCCCCC2)C1C. The molecule has 2 bridgehead atoms. The quantitative estimate of drug-likeness (QED) is 0.618. The third-order valence-corrected chi connectivity index (χ3v) is 7.29. The highest BCUT2D eigenvalue weighted by atomic mass is 32.2. The van der Waals surface area contributed by atoms with E-state index in [2.05, 4.69) is 26.0 Å². The first-order chi connectivity index (χ1) is 13.3. The van der Waals surface area contributed by atoms with E-state index in [0.29, 0.717) is 0 Å². The van der Waals surface area contributed by atoms with Gasteiger partial charge in [-0.05, 0) is 56.4 Å². The third-order valence-electron chi connectivity index (χ3n) is 6.40. The zero-order valence-electron chi connectivity index (χ0n) is 17.0. The molecule has 4 rings (SSSR count). The number of ether oxygens (including phenoxy) is 1. The molecule has 0 amide bonds. The van der Waals surface area contributed by atoms with E-state index in [0.717, 1.165) is 25.7 Å². The van der Waals surface area contributed by atoms with E-state index < -0.39 is 15.7 Å². The van der Waals surface area contributed by atoms with Crippen molar-refractivity contribution < 1.29 is 17.7 Å². The van der Waals surface area contributed by atoms with E-state index in [1.165, 1.54) is 49.3 Å². The molecule has 1 aromatic rings. The number of allylic oxidation sites excluding steroid dienone is 2. The van der Waals surface area contributed by atoms with Crippen LogP contribution in [-0.4, -0.2) is 18.6 Å². The van der Waals surface area contributed by atoms with Crippen LogP contribution >= 0.6 is 0 Å². The van der Waals surface area contributed by atoms with Crippen LogP contribution in [0.4, 0.5) is 0 Å². The van der Waals surface area contributed by atoms with Crippen LogP contribution in [-0.2, 0) is 10.1 Å². The lowest BCUT2D eigenvalue weighted by atomic mass is 9.74. The lowest BCUT2D eigenvalue weighted by Gasteiger charge is -2.41. The van der Waals surface area contributed by atoms with E-state index in [-0.39, 0.29) is 16.6 Å². The molecule has 2 unspecified atom stereocenters. The van der Waals surface area contributed by atoms with Gasteiger partial charge in [0.1, 0.15) is 16.2 Å². The summed E-state index contributed by atoms with van der Waals surface area (Å²) in [5, 5.41) is 0. The predicted molar refractivity (Wildman–Crippen MR) is 112 cm³/mol. The van der Waals surface area contributed by atoms with Gasteiger partial charge in [-0.2, -0.15) is 8.42 Å². The third kappa shape index (κ3) is 4.69. The van der Waals surface area contributed by atoms with Crippen molar-refractivity contribution in [2.75, 3.05) is 0 Å². The number of hydrogen-bond acceptors (Lipinski definition) is 3. The molecule has 154 valence electrons. The maximum Gasteiger partial charge on any atom is 0.298 e. The van der Waals surface area contributed by atoms with Gasteiger partial charge in [0.2, 0.25) is 0 Å². The molecular weight excluding hydrogens is 372 g/mol. The normalized spacial score (nSPS) is 27.0. The van der Waals surface area contributed by atoms with Crippen LogP contribution in [0, 0.1) is 5.92 Å². The molecule has 0 spiro atoms. The Hall–Kier alpha value is -1.59. The molecule has 1 aromatic carbocycles. The minimum absolute atomic E-state index is 0.141. The predicted octanol–water partition coefficient (Wildman–Crippen LogP) is 6.10. The monoisotopic (exact) mass is 404 g/mol. The van der Waals surface area contributed by atoms with Crippen LogP contribution in [0.15, 0.2) is 52.5 Å². The first-order valence-electron chi connectivity index (χ1n) is 10.5. The van der Waals surface area contributed by atoms with Gasteiger partial charge in [0.25, 0.3) is 10.1 Å². The van der Waals surface area contributed by atoms with Gasteiger partial charge in [-0.25, -0.2) is 0 Å². The van der Waals surface area contributed by atoms with Crippen LogP contribution in [0.25, 0.3) is 0 Å². The van der Waals surface area contributed by atoms with E-state index >= 15 is 0 Å². The molecule has 3 aliphatic rings. The number of benzene rings is 1. The minimum atomic E-state index is -4.34. The Morgan fingerprint density at radius 3 is 2.39 bits per heavy atom. The molecule has 3 aliphatic carbocycles. The summed E-state index contributed by atoms with van der Waals surface area (Å²) in [6.45, 7) is 4.35. The summed E-state index contributed by atoms with van der Waals surface area (Å²) in [5.41, 5.74) is 2.11. The number of fused-ring (bicyclic) bond motifs is 9. The van der Waals surface area contributed by atoms with Gasteiger partial charge in [-0.15, -0.1) is 0 Å². The average molecular weight is 405 g/mol. The Bertz CT molecular complexity index is 853. The second kappa shape index (κ2) is 8.83. The molecule has 0 aromatic heterocycles. The molecule has 4 nitrogen and oxygen atoms in total. The van der Waals surface area contributed by atoms with Crippen LogP contribution in [0.5, 0.6) is 5.75 Å². The zero-order valence-corrected chi connectivity index (χ0v) is 17.8. The molecule has 1 N–H and O–H groups in total. The van der Waals surface area contributed by atoms with Gasteiger partial charge in [0, 0.05) is 5.92 Å². The molecule has 2 atom stereocenters. The Balaban J connectivity index is 1.97. The molecule has 0 saturated carbocycles. The summed E-state index contributed by atoms with van der Waals surface area (Å²) in [4.78, 5) is -0.166. The first kappa shape index (κ1) is 21.1. The Morgan fingerprint density at radius 2 is 1.68 bits per heavy atom. The van der Waals surface area contributed by atoms with Crippen molar-refractivity contribution in [2.45, 2.75) is 82.1 Å². The molecule has 0 radical (unpaired) electrons. The second-order valence-electron chi connectivity index (χ2n) is 8.22. The molecule has 5 heteroatoms. The van der Waals surface area contributed by atoms with Crippen molar-refractivity contribution in [3.63, 3.8) is 0 Å². The molecule has 0 fully saturated rings. The van der Waals surface area contributed by atoms with Crippen LogP contribution in [0.2, 0.25) is 0 Å². The van der Waals surface area contributed by atoms with Gasteiger partial charge in [-0.1, -0.05) is 62.8 Å². The lowest BCUT2D eigenvalue weighted by Crippen LogP contribution is -2.43. The van der Waals surface area contributed by atoms with E-state index in [4.69, 9.17) is 4.74 Å². The summed E-state index contributed by atoms with van der Waals surface area (Å²) in [6, 6.07) is 6.37. The van der Waals surface area contributed by atoms with Gasteiger partial charge in [0.15, 0.2) is 0 Å². The number of rotatable bonds is 3. The summed E-state index contributed by atoms with van der Waals surface area (Å²) in [7, 11) is -4.34. The van der Waals surface area contributed by atoms with Crippen molar-refractivity contribution >= 4 is 10.1 Å². The standard InChI is InChI=1S/C23H32O4S/c1-18-19(2)23(27-21-13-9-10-14-22(21)28(24,25)26)16-11-7-5-3-4-6-8-12-20(18)15-17-23/h9-10,13-15,17,19H,3-8,11-12,16H2,1-2H3,(H,24,25,26). The van der Waals surface area contributed by atoms with Gasteiger partial charge >= 0.3 is 0 Å². The van der Waals surface area contributed by atoms with Gasteiger partial charge in [0.05, 0.1) is 0 Å². The van der Waals surface area contributed by atoms with Crippen molar-refractivity contribution in [1.29, 1.82) is 0 Å². The Labute approximate surface area is 169 Å². The average Bonchev–Trinajstić information content (AvgIpc) is 2.68. The van der Waals surface area contributed by atoms with Crippen LogP contribution < -0.4 is 4.74 Å².